The van der Waals surface area contributed by atoms with Crippen molar-refractivity contribution in [3.05, 3.63) is 42.5 Å². The van der Waals surface area contributed by atoms with Crippen LogP contribution in [0, 0.1) is 0 Å². The topological polar surface area (TPSA) is 92.8 Å². The molecule has 1 atom stereocenters. The molecule has 8 nitrogen and oxygen atoms in total. The molecule has 0 radical (unpaired) electrons. The van der Waals surface area contributed by atoms with Crippen molar-refractivity contribution in [2.45, 2.75) is 25.4 Å². The Morgan fingerprint density at radius 2 is 2.43 bits per heavy atom. The van der Waals surface area contributed by atoms with Crippen LogP contribution in [0.15, 0.2) is 41.3 Å². The number of hydrogen-bond acceptors (Lipinski definition) is 5. The number of likely N-dealkylation sites (tertiary alicyclic amines) is 1. The summed E-state index contributed by atoms with van der Waals surface area (Å²) in [4.78, 5) is 14.6. The number of furan rings is 1. The summed E-state index contributed by atoms with van der Waals surface area (Å²) in [7, 11) is 0. The van der Waals surface area contributed by atoms with Crippen molar-refractivity contribution in [1.82, 2.24) is 30.1 Å². The van der Waals surface area contributed by atoms with E-state index in [1.807, 2.05) is 17.2 Å². The SMILES string of the molecule is O=C(c1cc(-c2ccco2)[nH]n1)N1CCC[C@H]1Cn1ccnn1. The largest absolute Gasteiger partial charge is 0.463 e. The second-order valence-electron chi connectivity index (χ2n) is 5.56. The molecule has 23 heavy (non-hydrogen) atoms. The highest BCUT2D eigenvalue weighted by Gasteiger charge is 2.31. The van der Waals surface area contributed by atoms with E-state index in [0.717, 1.165) is 19.4 Å². The van der Waals surface area contributed by atoms with Gasteiger partial charge in [-0.05, 0) is 25.0 Å². The van der Waals surface area contributed by atoms with E-state index >= 15 is 0 Å². The zero-order chi connectivity index (χ0) is 15.6. The predicted molar refractivity (Wildman–Crippen MR) is 80.4 cm³/mol. The smallest absolute Gasteiger partial charge is 0.274 e. The first-order chi connectivity index (χ1) is 11.3. The summed E-state index contributed by atoms with van der Waals surface area (Å²) in [6.07, 6.45) is 6.99. The summed E-state index contributed by atoms with van der Waals surface area (Å²) in [5, 5.41) is 14.8. The fourth-order valence-corrected chi connectivity index (χ4v) is 2.98. The maximum Gasteiger partial charge on any atom is 0.274 e. The van der Waals surface area contributed by atoms with Crippen LogP contribution >= 0.6 is 0 Å². The van der Waals surface area contributed by atoms with Gasteiger partial charge in [-0.25, -0.2) is 0 Å². The highest BCUT2D eigenvalue weighted by atomic mass is 16.3. The molecule has 1 N–H and O–H groups in total. The molecule has 1 fully saturated rings. The van der Waals surface area contributed by atoms with E-state index < -0.39 is 0 Å². The van der Waals surface area contributed by atoms with E-state index in [9.17, 15) is 4.79 Å². The van der Waals surface area contributed by atoms with E-state index in [2.05, 4.69) is 20.5 Å². The molecule has 0 aromatic carbocycles. The van der Waals surface area contributed by atoms with Crippen LogP contribution in [0.25, 0.3) is 11.5 Å². The van der Waals surface area contributed by atoms with Gasteiger partial charge in [-0.1, -0.05) is 5.21 Å². The lowest BCUT2D eigenvalue weighted by molar-refractivity contribution is 0.0715. The summed E-state index contributed by atoms with van der Waals surface area (Å²) >= 11 is 0. The lowest BCUT2D eigenvalue weighted by Gasteiger charge is -2.23. The van der Waals surface area contributed by atoms with Crippen LogP contribution in [0.4, 0.5) is 0 Å². The quantitative estimate of drug-likeness (QED) is 0.789. The second kappa shape index (κ2) is 5.71. The number of aromatic amines is 1. The summed E-state index contributed by atoms with van der Waals surface area (Å²) in [6.45, 7) is 1.39. The van der Waals surface area contributed by atoms with Gasteiger partial charge >= 0.3 is 0 Å². The summed E-state index contributed by atoms with van der Waals surface area (Å²) in [6, 6.07) is 5.47. The minimum absolute atomic E-state index is 0.0679. The third-order valence-electron chi connectivity index (χ3n) is 4.09. The number of H-pyrrole nitrogens is 1. The summed E-state index contributed by atoms with van der Waals surface area (Å²) in [5.41, 5.74) is 1.10. The average molecular weight is 312 g/mol. The molecule has 4 heterocycles. The van der Waals surface area contributed by atoms with Gasteiger partial charge in [-0.15, -0.1) is 5.10 Å². The van der Waals surface area contributed by atoms with Gasteiger partial charge in [0.15, 0.2) is 11.5 Å². The zero-order valence-corrected chi connectivity index (χ0v) is 12.4. The van der Waals surface area contributed by atoms with Gasteiger partial charge in [-0.2, -0.15) is 5.10 Å². The molecule has 8 heteroatoms. The van der Waals surface area contributed by atoms with Crippen LogP contribution in [-0.2, 0) is 6.54 Å². The van der Waals surface area contributed by atoms with Crippen LogP contribution in [-0.4, -0.2) is 48.6 Å². The number of carbonyl (C=O) groups excluding carboxylic acids is 1. The van der Waals surface area contributed by atoms with E-state index in [-0.39, 0.29) is 11.9 Å². The Balaban J connectivity index is 1.51. The van der Waals surface area contributed by atoms with Gasteiger partial charge in [0, 0.05) is 18.8 Å². The van der Waals surface area contributed by atoms with Gasteiger partial charge in [0.1, 0.15) is 5.69 Å². The zero-order valence-electron chi connectivity index (χ0n) is 12.4. The molecule has 1 aliphatic heterocycles. The molecular weight excluding hydrogens is 296 g/mol. The normalized spacial score (nSPS) is 17.7. The minimum Gasteiger partial charge on any atom is -0.463 e. The molecule has 1 aliphatic rings. The van der Waals surface area contributed by atoms with Crippen molar-refractivity contribution in [1.29, 1.82) is 0 Å². The lowest BCUT2D eigenvalue weighted by atomic mass is 10.2. The number of hydrogen-bond donors (Lipinski definition) is 1. The molecule has 0 bridgehead atoms. The fraction of sp³-hybridized carbons (Fsp3) is 0.333. The van der Waals surface area contributed by atoms with Gasteiger partial charge in [0.25, 0.3) is 5.91 Å². The average Bonchev–Trinajstić information content (AvgIpc) is 3.33. The Morgan fingerprint density at radius 3 is 3.22 bits per heavy atom. The fourth-order valence-electron chi connectivity index (χ4n) is 2.98. The first-order valence-corrected chi connectivity index (χ1v) is 7.55. The van der Waals surface area contributed by atoms with Gasteiger partial charge in [0.05, 0.1) is 25.0 Å². The van der Waals surface area contributed by atoms with Gasteiger partial charge in [0.2, 0.25) is 0 Å². The van der Waals surface area contributed by atoms with Gasteiger partial charge < -0.3 is 9.32 Å². The van der Waals surface area contributed by atoms with Crippen LogP contribution in [0.2, 0.25) is 0 Å². The van der Waals surface area contributed by atoms with Crippen molar-refractivity contribution in [3.63, 3.8) is 0 Å². The van der Waals surface area contributed by atoms with E-state index in [1.54, 1.807) is 29.3 Å². The molecular formula is C15H16N6O2. The number of carbonyl (C=O) groups is 1. The molecule has 0 saturated carbocycles. The van der Waals surface area contributed by atoms with E-state index in [0.29, 0.717) is 23.7 Å². The van der Waals surface area contributed by atoms with Crippen LogP contribution in [0.1, 0.15) is 23.3 Å². The first-order valence-electron chi connectivity index (χ1n) is 7.55. The number of rotatable bonds is 4. The van der Waals surface area contributed by atoms with Crippen molar-refractivity contribution in [3.8, 4) is 11.5 Å². The standard InChI is InChI=1S/C15H16N6O2/c22-15(13-9-12(17-18-13)14-4-2-8-23-14)21-6-1-3-11(21)10-20-7-5-16-19-20/h2,4-5,7-9,11H,1,3,6,10H2,(H,17,18)/t11-/m0/s1. The summed E-state index contributed by atoms with van der Waals surface area (Å²) in [5.74, 6) is 0.596. The highest BCUT2D eigenvalue weighted by Crippen LogP contribution is 2.23. The van der Waals surface area contributed by atoms with Crippen LogP contribution < -0.4 is 0 Å². The van der Waals surface area contributed by atoms with Crippen molar-refractivity contribution < 1.29 is 9.21 Å². The number of nitrogens with one attached hydrogen (secondary N) is 1. The van der Waals surface area contributed by atoms with Crippen molar-refractivity contribution in [2.24, 2.45) is 0 Å². The summed E-state index contributed by atoms with van der Waals surface area (Å²) < 4.78 is 7.07. The Kier molecular flexibility index (Phi) is 3.41. The second-order valence-corrected chi connectivity index (χ2v) is 5.56. The molecule has 0 aliphatic carbocycles. The maximum absolute atomic E-state index is 12.7. The van der Waals surface area contributed by atoms with Crippen LogP contribution in [0.3, 0.4) is 0 Å². The maximum atomic E-state index is 12.7. The lowest BCUT2D eigenvalue weighted by Crippen LogP contribution is -2.38. The molecule has 3 aromatic heterocycles. The van der Waals surface area contributed by atoms with Gasteiger partial charge in [-0.3, -0.25) is 14.6 Å². The van der Waals surface area contributed by atoms with Crippen molar-refractivity contribution >= 4 is 5.91 Å². The third kappa shape index (κ3) is 2.63. The van der Waals surface area contributed by atoms with Crippen LogP contribution in [0.5, 0.6) is 0 Å². The molecule has 3 aromatic rings. The number of amides is 1. The first kappa shape index (κ1) is 13.7. The molecule has 118 valence electrons. The minimum atomic E-state index is -0.0679. The Labute approximate surface area is 132 Å². The number of nitrogens with zero attached hydrogens (tertiary/aromatic N) is 5. The van der Waals surface area contributed by atoms with E-state index in [4.69, 9.17) is 4.42 Å². The Bertz CT molecular complexity index is 777. The predicted octanol–water partition coefficient (Wildman–Crippen LogP) is 1.57. The molecule has 4 rings (SSSR count). The van der Waals surface area contributed by atoms with E-state index in [1.165, 1.54) is 0 Å². The molecule has 0 spiro atoms. The monoisotopic (exact) mass is 312 g/mol. The van der Waals surface area contributed by atoms with Crippen molar-refractivity contribution in [2.75, 3.05) is 6.54 Å². The number of aromatic nitrogens is 5. The molecule has 1 saturated heterocycles. The molecule has 1 amide bonds. The Hall–Kier alpha value is -2.90. The Morgan fingerprint density at radius 1 is 1.48 bits per heavy atom. The third-order valence-corrected chi connectivity index (χ3v) is 4.09. The molecule has 0 unspecified atom stereocenters. The highest BCUT2D eigenvalue weighted by molar-refractivity contribution is 5.93.